The highest BCUT2D eigenvalue weighted by Crippen LogP contribution is 1.92. The molecule has 5 heteroatoms. The smallest absolute Gasteiger partial charge is 0.326 e. The van der Waals surface area contributed by atoms with Gasteiger partial charge < -0.3 is 15.2 Å². The fourth-order valence-corrected chi connectivity index (χ4v) is 0.738. The maximum absolute atomic E-state index is 10.5. The van der Waals surface area contributed by atoms with Crippen molar-refractivity contribution in [1.82, 2.24) is 5.32 Å². The molecule has 0 fully saturated rings. The van der Waals surface area contributed by atoms with Crippen molar-refractivity contribution in [3.8, 4) is 0 Å². The van der Waals surface area contributed by atoms with Crippen LogP contribution in [0, 0.1) is 0 Å². The van der Waals surface area contributed by atoms with E-state index >= 15 is 0 Å². The molecule has 0 unspecified atom stereocenters. The zero-order valence-electron chi connectivity index (χ0n) is 7.16. The third-order valence-corrected chi connectivity index (χ3v) is 1.29. The van der Waals surface area contributed by atoms with Gasteiger partial charge in [-0.05, 0) is 0 Å². The summed E-state index contributed by atoms with van der Waals surface area (Å²) >= 11 is 0. The largest absolute Gasteiger partial charge is 0.480 e. The number of hydrogen-bond donors (Lipinski definition) is 2. The fraction of sp³-hybridized carbons (Fsp3) is 0.714. The Balaban J connectivity index is 3.87. The first-order chi connectivity index (χ1) is 5.57. The zero-order valence-corrected chi connectivity index (χ0v) is 7.16. The first-order valence-corrected chi connectivity index (χ1v) is 3.56. The lowest BCUT2D eigenvalue weighted by molar-refractivity contribution is -0.142. The summed E-state index contributed by atoms with van der Waals surface area (Å²) in [7, 11) is 1.48. The molecule has 0 aliphatic carbocycles. The molecule has 0 aromatic rings. The summed E-state index contributed by atoms with van der Waals surface area (Å²) in [5, 5.41) is 10.9. The maximum Gasteiger partial charge on any atom is 0.326 e. The summed E-state index contributed by atoms with van der Waals surface area (Å²) in [6.07, 6.45) is 0.283. The van der Waals surface area contributed by atoms with Crippen LogP contribution in [0.25, 0.3) is 0 Å². The number of carbonyl (C=O) groups excluding carboxylic acids is 1. The van der Waals surface area contributed by atoms with Gasteiger partial charge in [0.25, 0.3) is 0 Å². The van der Waals surface area contributed by atoms with Crippen molar-refractivity contribution in [3.05, 3.63) is 0 Å². The second kappa shape index (κ2) is 5.54. The van der Waals surface area contributed by atoms with E-state index in [0.717, 1.165) is 0 Å². The van der Waals surface area contributed by atoms with Crippen LogP contribution in [0.2, 0.25) is 0 Å². The summed E-state index contributed by atoms with van der Waals surface area (Å²) in [6.45, 7) is 1.60. The Morgan fingerprint density at radius 2 is 2.17 bits per heavy atom. The minimum atomic E-state index is -1.04. The number of methoxy groups -OCH3 is 1. The molecular formula is C7H13NO4. The standard InChI is InChI=1S/C7H13NO4/c1-5(9)8-6(7(10)11)3-4-12-2/h6H,3-4H2,1-2H3,(H,8,9)(H,10,11)/t6-/m1/s1. The van der Waals surface area contributed by atoms with Crippen molar-refractivity contribution < 1.29 is 19.4 Å². The van der Waals surface area contributed by atoms with Gasteiger partial charge in [-0.3, -0.25) is 4.79 Å². The molecule has 0 aliphatic heterocycles. The van der Waals surface area contributed by atoms with Crippen molar-refractivity contribution in [2.24, 2.45) is 0 Å². The number of carboxylic acid groups (broad SMARTS) is 1. The molecule has 1 atom stereocenters. The highest BCUT2D eigenvalue weighted by molar-refractivity contribution is 5.81. The van der Waals surface area contributed by atoms with Crippen LogP contribution in [0.15, 0.2) is 0 Å². The van der Waals surface area contributed by atoms with Gasteiger partial charge >= 0.3 is 5.97 Å². The Hall–Kier alpha value is -1.10. The second-order valence-corrected chi connectivity index (χ2v) is 2.37. The van der Waals surface area contributed by atoms with Crippen LogP contribution in [0.1, 0.15) is 13.3 Å². The van der Waals surface area contributed by atoms with Crippen LogP contribution < -0.4 is 5.32 Å². The predicted molar refractivity (Wildman–Crippen MR) is 41.7 cm³/mol. The number of nitrogens with one attached hydrogen (secondary N) is 1. The van der Waals surface area contributed by atoms with Crippen LogP contribution in [0.5, 0.6) is 0 Å². The molecule has 5 nitrogen and oxygen atoms in total. The Labute approximate surface area is 70.7 Å². The van der Waals surface area contributed by atoms with Crippen molar-refractivity contribution in [1.29, 1.82) is 0 Å². The van der Waals surface area contributed by atoms with Crippen molar-refractivity contribution >= 4 is 11.9 Å². The number of aliphatic carboxylic acids is 1. The average molecular weight is 175 g/mol. The molecule has 0 spiro atoms. The van der Waals surface area contributed by atoms with Crippen LogP contribution in [0.3, 0.4) is 0 Å². The third-order valence-electron chi connectivity index (χ3n) is 1.29. The fourth-order valence-electron chi connectivity index (χ4n) is 0.738. The molecule has 1 amide bonds. The molecule has 0 saturated heterocycles. The minimum absolute atomic E-state index is 0.283. The number of carboxylic acids is 1. The molecule has 0 aliphatic rings. The third kappa shape index (κ3) is 4.68. The molecule has 2 N–H and O–H groups in total. The normalized spacial score (nSPS) is 12.2. The van der Waals surface area contributed by atoms with E-state index in [1.807, 2.05) is 0 Å². The number of ether oxygens (including phenoxy) is 1. The van der Waals surface area contributed by atoms with Crippen LogP contribution in [-0.2, 0) is 14.3 Å². The molecule has 0 rings (SSSR count). The number of amides is 1. The van der Waals surface area contributed by atoms with E-state index in [4.69, 9.17) is 5.11 Å². The Kier molecular flexibility index (Phi) is 5.03. The first-order valence-electron chi connectivity index (χ1n) is 3.56. The highest BCUT2D eigenvalue weighted by atomic mass is 16.5. The van der Waals surface area contributed by atoms with Gasteiger partial charge in [-0.15, -0.1) is 0 Å². The van der Waals surface area contributed by atoms with E-state index in [1.54, 1.807) is 0 Å². The Bertz CT molecular complexity index is 169. The van der Waals surface area contributed by atoms with Gasteiger partial charge in [0.15, 0.2) is 0 Å². The summed E-state index contributed by atoms with van der Waals surface area (Å²) in [5.41, 5.74) is 0. The Morgan fingerprint density at radius 3 is 2.50 bits per heavy atom. The zero-order chi connectivity index (χ0) is 9.56. The van der Waals surface area contributed by atoms with Gasteiger partial charge in [-0.1, -0.05) is 0 Å². The number of rotatable bonds is 5. The van der Waals surface area contributed by atoms with E-state index in [0.29, 0.717) is 6.61 Å². The maximum atomic E-state index is 10.5. The highest BCUT2D eigenvalue weighted by Gasteiger charge is 2.17. The lowest BCUT2D eigenvalue weighted by atomic mass is 10.2. The Morgan fingerprint density at radius 1 is 1.58 bits per heavy atom. The molecular weight excluding hydrogens is 162 g/mol. The molecule has 12 heavy (non-hydrogen) atoms. The summed E-state index contributed by atoms with van der Waals surface area (Å²) < 4.78 is 4.69. The van der Waals surface area contributed by atoms with E-state index in [9.17, 15) is 9.59 Å². The second-order valence-electron chi connectivity index (χ2n) is 2.37. The molecule has 0 bridgehead atoms. The van der Waals surface area contributed by atoms with Gasteiger partial charge in [0.1, 0.15) is 6.04 Å². The summed E-state index contributed by atoms with van der Waals surface area (Å²) in [6, 6.07) is -0.845. The van der Waals surface area contributed by atoms with Gasteiger partial charge in [0.05, 0.1) is 0 Å². The van der Waals surface area contributed by atoms with Crippen molar-refractivity contribution in [3.63, 3.8) is 0 Å². The molecule has 0 aromatic carbocycles. The van der Waals surface area contributed by atoms with E-state index < -0.39 is 12.0 Å². The molecule has 0 aromatic heterocycles. The van der Waals surface area contributed by atoms with E-state index in [-0.39, 0.29) is 12.3 Å². The molecule has 70 valence electrons. The quantitative estimate of drug-likeness (QED) is 0.596. The predicted octanol–water partition coefficient (Wildman–Crippen LogP) is -0.388. The topological polar surface area (TPSA) is 75.6 Å². The van der Waals surface area contributed by atoms with E-state index in [1.165, 1.54) is 14.0 Å². The monoisotopic (exact) mass is 175 g/mol. The van der Waals surface area contributed by atoms with Crippen molar-refractivity contribution in [2.75, 3.05) is 13.7 Å². The van der Waals surface area contributed by atoms with Crippen LogP contribution in [-0.4, -0.2) is 36.7 Å². The van der Waals surface area contributed by atoms with Gasteiger partial charge in [0, 0.05) is 27.1 Å². The van der Waals surface area contributed by atoms with Crippen molar-refractivity contribution in [2.45, 2.75) is 19.4 Å². The lowest BCUT2D eigenvalue weighted by Gasteiger charge is -2.11. The lowest BCUT2D eigenvalue weighted by Crippen LogP contribution is -2.40. The van der Waals surface area contributed by atoms with Gasteiger partial charge in [-0.25, -0.2) is 4.79 Å². The average Bonchev–Trinajstić information content (AvgIpc) is 1.96. The summed E-state index contributed by atoms with van der Waals surface area (Å²) in [4.78, 5) is 21.0. The van der Waals surface area contributed by atoms with E-state index in [2.05, 4.69) is 10.1 Å². The number of hydrogen-bond acceptors (Lipinski definition) is 3. The first kappa shape index (κ1) is 10.9. The minimum Gasteiger partial charge on any atom is -0.480 e. The number of carbonyl (C=O) groups is 2. The summed E-state index contributed by atoms with van der Waals surface area (Å²) in [5.74, 6) is -1.39. The SMILES string of the molecule is COCC[C@@H](NC(C)=O)C(=O)O. The van der Waals surface area contributed by atoms with Crippen LogP contribution >= 0.6 is 0 Å². The van der Waals surface area contributed by atoms with Crippen LogP contribution in [0.4, 0.5) is 0 Å². The molecule has 0 radical (unpaired) electrons. The van der Waals surface area contributed by atoms with Gasteiger partial charge in [0.2, 0.25) is 5.91 Å². The van der Waals surface area contributed by atoms with Gasteiger partial charge in [-0.2, -0.15) is 0 Å². The molecule has 0 saturated carbocycles. The molecule has 0 heterocycles.